The van der Waals surface area contributed by atoms with Gasteiger partial charge in [-0.3, -0.25) is 4.79 Å². The zero-order valence-corrected chi connectivity index (χ0v) is 21.0. The lowest BCUT2D eigenvalue weighted by molar-refractivity contribution is -0.144. The van der Waals surface area contributed by atoms with Crippen LogP contribution in [0.1, 0.15) is 12.5 Å². The highest BCUT2D eigenvalue weighted by molar-refractivity contribution is 9.10. The molecule has 36 heavy (non-hydrogen) atoms. The van der Waals surface area contributed by atoms with E-state index in [-0.39, 0.29) is 22.2 Å². The van der Waals surface area contributed by atoms with E-state index in [2.05, 4.69) is 26.0 Å². The SMILES string of the molecule is C[C@H](Oc1ccc(C=Nn2c(-c3cc4cc(Br)ccc4o3)nc3ccccc3c2=O)cc1Cl)C(=O)O. The lowest BCUT2D eigenvalue weighted by Crippen LogP contribution is -2.23. The second-order valence-electron chi connectivity index (χ2n) is 7.90. The Morgan fingerprint density at radius 1 is 1.19 bits per heavy atom. The Kier molecular flexibility index (Phi) is 6.34. The lowest BCUT2D eigenvalue weighted by Gasteiger charge is -2.12. The summed E-state index contributed by atoms with van der Waals surface area (Å²) in [5, 5.41) is 14.9. The molecule has 0 radical (unpaired) electrons. The second kappa shape index (κ2) is 9.60. The topological polar surface area (TPSA) is 107 Å². The third-order valence-corrected chi connectivity index (χ3v) is 6.17. The number of nitrogens with zero attached hydrogens (tertiary/aromatic N) is 3. The largest absolute Gasteiger partial charge is 0.479 e. The monoisotopic (exact) mass is 565 g/mol. The van der Waals surface area contributed by atoms with Crippen molar-refractivity contribution in [3.8, 4) is 17.3 Å². The molecule has 0 saturated heterocycles. The van der Waals surface area contributed by atoms with Gasteiger partial charge >= 0.3 is 5.97 Å². The molecule has 180 valence electrons. The Hall–Kier alpha value is -3.95. The molecule has 2 aromatic heterocycles. The van der Waals surface area contributed by atoms with Gasteiger partial charge in [-0.1, -0.05) is 39.7 Å². The van der Waals surface area contributed by atoms with Crippen molar-refractivity contribution in [2.24, 2.45) is 5.10 Å². The first-order valence-corrected chi connectivity index (χ1v) is 11.9. The number of hydrogen-bond acceptors (Lipinski definition) is 6. The molecule has 0 unspecified atom stereocenters. The number of rotatable bonds is 6. The third-order valence-electron chi connectivity index (χ3n) is 5.38. The lowest BCUT2D eigenvalue weighted by atomic mass is 10.2. The van der Waals surface area contributed by atoms with Crippen LogP contribution < -0.4 is 10.3 Å². The van der Waals surface area contributed by atoms with Crippen LogP contribution in [-0.2, 0) is 4.79 Å². The Balaban J connectivity index is 1.59. The molecule has 2 heterocycles. The van der Waals surface area contributed by atoms with Crippen LogP contribution in [0.4, 0.5) is 0 Å². The molecule has 0 aliphatic heterocycles. The standard InChI is InChI=1S/C26H17BrClN3O5/c1-14(26(33)34)35-22-8-6-15(10-19(22)28)13-29-31-24(30-20-5-3-2-4-18(20)25(31)32)23-12-16-11-17(27)7-9-21(16)36-23/h2-14H,1H3,(H,33,34)/t14-/m0/s1. The summed E-state index contributed by atoms with van der Waals surface area (Å²) in [5.74, 6) is -0.260. The normalized spacial score (nSPS) is 12.4. The van der Waals surface area contributed by atoms with Crippen LogP contribution in [0.2, 0.25) is 5.02 Å². The van der Waals surface area contributed by atoms with E-state index in [1.165, 1.54) is 17.8 Å². The number of benzene rings is 3. The van der Waals surface area contributed by atoms with E-state index >= 15 is 0 Å². The first kappa shape index (κ1) is 23.8. The van der Waals surface area contributed by atoms with E-state index in [9.17, 15) is 9.59 Å². The number of halogens is 2. The number of carbonyl (C=O) groups is 1. The maximum absolute atomic E-state index is 13.4. The molecule has 0 aliphatic rings. The molecule has 1 atom stereocenters. The number of carboxylic acids is 1. The van der Waals surface area contributed by atoms with Crippen LogP contribution in [0.5, 0.6) is 5.75 Å². The van der Waals surface area contributed by atoms with Crippen LogP contribution >= 0.6 is 27.5 Å². The number of para-hydroxylation sites is 1. The maximum atomic E-state index is 13.4. The fourth-order valence-corrected chi connectivity index (χ4v) is 4.19. The minimum Gasteiger partial charge on any atom is -0.479 e. The molecule has 0 aliphatic carbocycles. The van der Waals surface area contributed by atoms with E-state index < -0.39 is 12.1 Å². The number of furan rings is 1. The van der Waals surface area contributed by atoms with Crippen molar-refractivity contribution >= 4 is 61.6 Å². The van der Waals surface area contributed by atoms with Gasteiger partial charge in [-0.05, 0) is 67.1 Å². The van der Waals surface area contributed by atoms with E-state index in [1.807, 2.05) is 18.2 Å². The molecule has 0 spiro atoms. The highest BCUT2D eigenvalue weighted by Gasteiger charge is 2.17. The van der Waals surface area contributed by atoms with Gasteiger partial charge in [0.1, 0.15) is 11.3 Å². The fourth-order valence-electron chi connectivity index (χ4n) is 3.57. The summed E-state index contributed by atoms with van der Waals surface area (Å²) in [6, 6.07) is 19.2. The van der Waals surface area contributed by atoms with Gasteiger partial charge in [0.05, 0.1) is 22.1 Å². The minimum absolute atomic E-state index is 0.208. The summed E-state index contributed by atoms with van der Waals surface area (Å²) in [6.07, 6.45) is 0.396. The third kappa shape index (κ3) is 4.62. The Bertz CT molecular complexity index is 1730. The molecule has 8 nitrogen and oxygen atoms in total. The van der Waals surface area contributed by atoms with E-state index in [0.29, 0.717) is 27.8 Å². The van der Waals surface area contributed by atoms with Crippen LogP contribution in [0.25, 0.3) is 33.5 Å². The average Bonchev–Trinajstić information content (AvgIpc) is 3.28. The maximum Gasteiger partial charge on any atom is 0.344 e. The van der Waals surface area contributed by atoms with E-state index in [4.69, 9.17) is 25.9 Å². The molecule has 1 N–H and O–H groups in total. The summed E-state index contributed by atoms with van der Waals surface area (Å²) in [6.45, 7) is 1.41. The smallest absolute Gasteiger partial charge is 0.344 e. The van der Waals surface area contributed by atoms with Crippen molar-refractivity contribution in [2.45, 2.75) is 13.0 Å². The Labute approximate surface area is 217 Å². The molecule has 3 aromatic carbocycles. The number of aromatic nitrogens is 2. The summed E-state index contributed by atoms with van der Waals surface area (Å²) in [4.78, 5) is 29.1. The molecule has 0 amide bonds. The summed E-state index contributed by atoms with van der Waals surface area (Å²) < 4.78 is 13.4. The van der Waals surface area contributed by atoms with Crippen molar-refractivity contribution < 1.29 is 19.1 Å². The van der Waals surface area contributed by atoms with Gasteiger partial charge in [0.15, 0.2) is 11.9 Å². The van der Waals surface area contributed by atoms with Gasteiger partial charge < -0.3 is 14.3 Å². The molecule has 0 saturated carbocycles. The average molecular weight is 567 g/mol. The highest BCUT2D eigenvalue weighted by atomic mass is 79.9. The summed E-state index contributed by atoms with van der Waals surface area (Å²) in [7, 11) is 0. The van der Waals surface area contributed by atoms with Gasteiger partial charge in [-0.15, -0.1) is 0 Å². The predicted octanol–water partition coefficient (Wildman–Crippen LogP) is 5.96. The molecular weight excluding hydrogens is 550 g/mol. The number of fused-ring (bicyclic) bond motifs is 2. The predicted molar refractivity (Wildman–Crippen MR) is 141 cm³/mol. The van der Waals surface area contributed by atoms with Crippen molar-refractivity contribution in [1.82, 2.24) is 9.66 Å². The van der Waals surface area contributed by atoms with E-state index in [1.54, 1.807) is 48.5 Å². The van der Waals surface area contributed by atoms with Crippen molar-refractivity contribution in [3.63, 3.8) is 0 Å². The van der Waals surface area contributed by atoms with Gasteiger partial charge in [-0.25, -0.2) is 9.78 Å². The van der Waals surface area contributed by atoms with Crippen LogP contribution in [-0.4, -0.2) is 33.1 Å². The van der Waals surface area contributed by atoms with Gasteiger partial charge in [-0.2, -0.15) is 9.78 Å². The number of aliphatic carboxylic acids is 1. The highest BCUT2D eigenvalue weighted by Crippen LogP contribution is 2.29. The van der Waals surface area contributed by atoms with Gasteiger partial charge in [0.2, 0.25) is 5.82 Å². The van der Waals surface area contributed by atoms with Crippen LogP contribution in [0.15, 0.2) is 85.5 Å². The first-order valence-electron chi connectivity index (χ1n) is 10.7. The van der Waals surface area contributed by atoms with Gasteiger partial charge in [0, 0.05) is 9.86 Å². The summed E-state index contributed by atoms with van der Waals surface area (Å²) in [5.41, 5.74) is 1.36. The van der Waals surface area contributed by atoms with Crippen molar-refractivity contribution in [1.29, 1.82) is 0 Å². The van der Waals surface area contributed by atoms with Crippen molar-refractivity contribution in [3.05, 3.63) is 92.1 Å². The molecule has 0 bridgehead atoms. The number of carboxylic acid groups (broad SMARTS) is 1. The molecule has 5 aromatic rings. The summed E-state index contributed by atoms with van der Waals surface area (Å²) >= 11 is 9.73. The Morgan fingerprint density at radius 2 is 2.00 bits per heavy atom. The fraction of sp³-hybridized carbons (Fsp3) is 0.0769. The Morgan fingerprint density at radius 3 is 2.78 bits per heavy atom. The molecule has 5 rings (SSSR count). The zero-order chi connectivity index (χ0) is 25.4. The quantitative estimate of drug-likeness (QED) is 0.254. The number of hydrogen-bond donors (Lipinski definition) is 1. The molecule has 10 heteroatoms. The van der Waals surface area contributed by atoms with Crippen LogP contribution in [0, 0.1) is 0 Å². The first-order chi connectivity index (χ1) is 17.3. The van der Waals surface area contributed by atoms with Crippen LogP contribution in [0.3, 0.4) is 0 Å². The van der Waals surface area contributed by atoms with E-state index in [0.717, 1.165) is 9.86 Å². The number of ether oxygens (including phenoxy) is 1. The second-order valence-corrected chi connectivity index (χ2v) is 9.22. The molecule has 0 fully saturated rings. The minimum atomic E-state index is -1.11. The zero-order valence-electron chi connectivity index (χ0n) is 18.7. The molecular formula is C26H17BrClN3O5. The van der Waals surface area contributed by atoms with Gasteiger partial charge in [0.25, 0.3) is 5.56 Å². The van der Waals surface area contributed by atoms with Crippen molar-refractivity contribution in [2.75, 3.05) is 0 Å².